The van der Waals surface area contributed by atoms with Crippen LogP contribution in [0.4, 0.5) is 0 Å². The number of nitrogens with zero attached hydrogens (tertiary/aromatic N) is 4. The van der Waals surface area contributed by atoms with E-state index in [0.717, 1.165) is 24.9 Å². The molecule has 0 bridgehead atoms. The minimum absolute atomic E-state index is 0.0104. The Labute approximate surface area is 138 Å². The summed E-state index contributed by atoms with van der Waals surface area (Å²) >= 11 is 0. The number of H-pyrrole nitrogens is 1. The normalized spacial score (nSPS) is 17.7. The third kappa shape index (κ3) is 2.42. The van der Waals surface area contributed by atoms with Gasteiger partial charge < -0.3 is 9.88 Å². The van der Waals surface area contributed by atoms with Gasteiger partial charge in [0.2, 0.25) is 0 Å². The lowest BCUT2D eigenvalue weighted by Crippen LogP contribution is -2.38. The first kappa shape index (κ1) is 14.7. The van der Waals surface area contributed by atoms with E-state index in [-0.39, 0.29) is 17.6 Å². The number of nitrogens with one attached hydrogen (secondary N) is 1. The van der Waals surface area contributed by atoms with Gasteiger partial charge in [-0.3, -0.25) is 14.0 Å². The Morgan fingerprint density at radius 1 is 1.42 bits per heavy atom. The molecule has 2 aromatic heterocycles. The summed E-state index contributed by atoms with van der Waals surface area (Å²) in [6, 6.07) is 7.42. The standard InChI is InChI=1S/C17H19N5O2/c1-20-15-6-5-12(10-14(15)19-17(20)24)16(23)22-9-2-4-13(22)11-21-8-3-7-18-21/h3,5-8,10,13H,2,4,9,11H2,1H3,(H,19,24)/t13-/m0/s1. The van der Waals surface area contributed by atoms with E-state index >= 15 is 0 Å². The highest BCUT2D eigenvalue weighted by Crippen LogP contribution is 2.22. The van der Waals surface area contributed by atoms with Crippen LogP contribution in [0.2, 0.25) is 0 Å². The van der Waals surface area contributed by atoms with Crippen molar-refractivity contribution >= 4 is 16.9 Å². The third-order valence-corrected chi connectivity index (χ3v) is 4.75. The Balaban J connectivity index is 1.61. The molecule has 0 aliphatic carbocycles. The number of fused-ring (bicyclic) bond motifs is 1. The maximum Gasteiger partial charge on any atom is 0.326 e. The van der Waals surface area contributed by atoms with Crippen molar-refractivity contribution in [3.63, 3.8) is 0 Å². The first-order valence-electron chi connectivity index (χ1n) is 8.10. The summed E-state index contributed by atoms with van der Waals surface area (Å²) in [5.74, 6) is 0.0104. The minimum Gasteiger partial charge on any atom is -0.334 e. The lowest BCUT2D eigenvalue weighted by Gasteiger charge is -2.24. The molecular formula is C17H19N5O2. The Morgan fingerprint density at radius 2 is 2.29 bits per heavy atom. The average molecular weight is 325 g/mol. The maximum absolute atomic E-state index is 12.9. The van der Waals surface area contributed by atoms with Crippen molar-refractivity contribution in [1.82, 2.24) is 24.2 Å². The number of carbonyl (C=O) groups is 1. The van der Waals surface area contributed by atoms with E-state index in [9.17, 15) is 9.59 Å². The highest BCUT2D eigenvalue weighted by Gasteiger charge is 2.30. The van der Waals surface area contributed by atoms with Crippen molar-refractivity contribution in [2.75, 3.05) is 6.54 Å². The van der Waals surface area contributed by atoms with Gasteiger partial charge in [-0.1, -0.05) is 0 Å². The molecule has 0 radical (unpaired) electrons. The number of amides is 1. The fourth-order valence-electron chi connectivity index (χ4n) is 3.45. The van der Waals surface area contributed by atoms with Crippen LogP contribution in [0.3, 0.4) is 0 Å². The third-order valence-electron chi connectivity index (χ3n) is 4.75. The topological polar surface area (TPSA) is 75.9 Å². The predicted molar refractivity (Wildman–Crippen MR) is 89.8 cm³/mol. The number of carbonyl (C=O) groups excluding carboxylic acids is 1. The zero-order valence-electron chi connectivity index (χ0n) is 13.5. The van der Waals surface area contributed by atoms with Crippen LogP contribution in [0, 0.1) is 0 Å². The second-order valence-electron chi connectivity index (χ2n) is 6.24. The van der Waals surface area contributed by atoms with Gasteiger partial charge in [0.25, 0.3) is 5.91 Å². The van der Waals surface area contributed by atoms with E-state index in [1.54, 1.807) is 29.9 Å². The molecule has 1 aliphatic heterocycles. The fourth-order valence-corrected chi connectivity index (χ4v) is 3.45. The molecule has 7 heteroatoms. The van der Waals surface area contributed by atoms with Gasteiger partial charge in [0.1, 0.15) is 0 Å². The molecule has 4 rings (SSSR count). The molecular weight excluding hydrogens is 306 g/mol. The van der Waals surface area contributed by atoms with Gasteiger partial charge in [-0.2, -0.15) is 5.10 Å². The molecule has 1 amide bonds. The van der Waals surface area contributed by atoms with Crippen molar-refractivity contribution < 1.29 is 4.79 Å². The molecule has 7 nitrogen and oxygen atoms in total. The first-order chi connectivity index (χ1) is 11.6. The van der Waals surface area contributed by atoms with Gasteiger partial charge in [-0.05, 0) is 37.1 Å². The van der Waals surface area contributed by atoms with Gasteiger partial charge in [-0.25, -0.2) is 4.79 Å². The summed E-state index contributed by atoms with van der Waals surface area (Å²) in [6.45, 7) is 1.47. The zero-order chi connectivity index (χ0) is 16.7. The highest BCUT2D eigenvalue weighted by molar-refractivity contribution is 5.97. The van der Waals surface area contributed by atoms with Gasteiger partial charge >= 0.3 is 5.69 Å². The average Bonchev–Trinajstić information content (AvgIpc) is 3.30. The summed E-state index contributed by atoms with van der Waals surface area (Å²) in [5.41, 5.74) is 1.92. The number of aryl methyl sites for hydroxylation is 1. The van der Waals surface area contributed by atoms with E-state index < -0.39 is 0 Å². The van der Waals surface area contributed by atoms with Crippen LogP contribution in [0.25, 0.3) is 11.0 Å². The monoisotopic (exact) mass is 325 g/mol. The van der Waals surface area contributed by atoms with Gasteiger partial charge in [0.15, 0.2) is 0 Å². The molecule has 0 spiro atoms. The molecule has 1 atom stereocenters. The van der Waals surface area contributed by atoms with Crippen molar-refractivity contribution in [2.45, 2.75) is 25.4 Å². The van der Waals surface area contributed by atoms with Crippen LogP contribution < -0.4 is 5.69 Å². The van der Waals surface area contributed by atoms with E-state index in [4.69, 9.17) is 0 Å². The number of aromatic amines is 1. The van der Waals surface area contributed by atoms with Gasteiger partial charge in [0, 0.05) is 31.5 Å². The van der Waals surface area contributed by atoms with E-state index in [2.05, 4.69) is 10.1 Å². The Hall–Kier alpha value is -2.83. The number of hydrogen-bond donors (Lipinski definition) is 1. The lowest BCUT2D eigenvalue weighted by molar-refractivity contribution is 0.0722. The van der Waals surface area contributed by atoms with E-state index in [1.807, 2.05) is 27.9 Å². The molecule has 0 unspecified atom stereocenters. The van der Waals surface area contributed by atoms with Crippen LogP contribution in [0.15, 0.2) is 41.5 Å². The van der Waals surface area contributed by atoms with Crippen LogP contribution >= 0.6 is 0 Å². The summed E-state index contributed by atoms with van der Waals surface area (Å²) in [5, 5.41) is 4.24. The van der Waals surface area contributed by atoms with Crippen LogP contribution in [0.1, 0.15) is 23.2 Å². The Morgan fingerprint density at radius 3 is 3.08 bits per heavy atom. The first-order valence-corrected chi connectivity index (χ1v) is 8.10. The van der Waals surface area contributed by atoms with Crippen molar-refractivity contribution in [3.8, 4) is 0 Å². The summed E-state index contributed by atoms with van der Waals surface area (Å²) in [4.78, 5) is 29.3. The smallest absolute Gasteiger partial charge is 0.326 e. The molecule has 1 aliphatic rings. The SMILES string of the molecule is Cn1c(=O)[nH]c2cc(C(=O)N3CCC[C@H]3Cn3cccn3)ccc21. The number of aromatic nitrogens is 4. The Bertz CT molecular complexity index is 938. The molecule has 1 saturated heterocycles. The molecule has 0 saturated carbocycles. The van der Waals surface area contributed by atoms with Crippen molar-refractivity contribution in [2.24, 2.45) is 7.05 Å². The minimum atomic E-state index is -0.174. The van der Waals surface area contributed by atoms with E-state index in [0.29, 0.717) is 17.6 Å². The summed E-state index contributed by atoms with van der Waals surface area (Å²) in [7, 11) is 1.71. The number of imidazole rings is 1. The van der Waals surface area contributed by atoms with Crippen molar-refractivity contribution in [1.29, 1.82) is 0 Å². The molecule has 1 aromatic carbocycles. The summed E-state index contributed by atoms with van der Waals surface area (Å²) < 4.78 is 3.41. The predicted octanol–water partition coefficient (Wildman–Crippen LogP) is 1.37. The van der Waals surface area contributed by atoms with Crippen molar-refractivity contribution in [3.05, 3.63) is 52.7 Å². The number of hydrogen-bond acceptors (Lipinski definition) is 3. The maximum atomic E-state index is 12.9. The van der Waals surface area contributed by atoms with Gasteiger partial charge in [-0.15, -0.1) is 0 Å². The van der Waals surface area contributed by atoms with Crippen LogP contribution in [-0.4, -0.2) is 42.7 Å². The second-order valence-corrected chi connectivity index (χ2v) is 6.24. The number of benzene rings is 1. The zero-order valence-corrected chi connectivity index (χ0v) is 13.5. The summed E-state index contributed by atoms with van der Waals surface area (Å²) in [6.07, 6.45) is 5.65. The molecule has 3 heterocycles. The van der Waals surface area contributed by atoms with Crippen LogP contribution in [0.5, 0.6) is 0 Å². The Kier molecular flexibility index (Phi) is 3.48. The number of likely N-dealkylation sites (tertiary alicyclic amines) is 1. The highest BCUT2D eigenvalue weighted by atomic mass is 16.2. The fraction of sp³-hybridized carbons (Fsp3) is 0.353. The van der Waals surface area contributed by atoms with Gasteiger partial charge in [0.05, 0.1) is 23.6 Å². The molecule has 3 aromatic rings. The quantitative estimate of drug-likeness (QED) is 0.790. The molecule has 124 valence electrons. The largest absolute Gasteiger partial charge is 0.334 e. The molecule has 1 N–H and O–H groups in total. The molecule has 24 heavy (non-hydrogen) atoms. The van der Waals surface area contributed by atoms with Crippen LogP contribution in [-0.2, 0) is 13.6 Å². The lowest BCUT2D eigenvalue weighted by atomic mass is 10.1. The van der Waals surface area contributed by atoms with E-state index in [1.165, 1.54) is 0 Å². The molecule has 1 fully saturated rings. The second kappa shape index (κ2) is 5.67. The number of rotatable bonds is 3.